The van der Waals surface area contributed by atoms with Crippen molar-refractivity contribution < 1.29 is 4.79 Å². The van der Waals surface area contributed by atoms with E-state index >= 15 is 0 Å². The van der Waals surface area contributed by atoms with E-state index < -0.39 is 0 Å². The summed E-state index contributed by atoms with van der Waals surface area (Å²) < 4.78 is 0. The monoisotopic (exact) mass is 187 g/mol. The van der Waals surface area contributed by atoms with Gasteiger partial charge in [0.1, 0.15) is 0 Å². The normalized spacial score (nSPS) is 19.2. The van der Waals surface area contributed by atoms with Crippen LogP contribution in [0.2, 0.25) is 0 Å². The lowest BCUT2D eigenvalue weighted by Gasteiger charge is -2.20. The molecule has 2 rings (SSSR count). The van der Waals surface area contributed by atoms with Crippen LogP contribution in [-0.4, -0.2) is 11.9 Å². The van der Waals surface area contributed by atoms with Crippen molar-refractivity contribution in [2.45, 2.75) is 19.4 Å². The predicted octanol–water partition coefficient (Wildman–Crippen LogP) is 2.15. The zero-order chi connectivity index (χ0) is 10.1. The van der Waals surface area contributed by atoms with Crippen LogP contribution in [0.15, 0.2) is 36.9 Å². The van der Waals surface area contributed by atoms with Crippen molar-refractivity contribution >= 4 is 11.6 Å². The zero-order valence-corrected chi connectivity index (χ0v) is 8.23. The van der Waals surface area contributed by atoms with Gasteiger partial charge in [-0.3, -0.25) is 4.79 Å². The molecule has 2 heteroatoms. The van der Waals surface area contributed by atoms with Crippen molar-refractivity contribution in [3.8, 4) is 0 Å². The molecule has 1 aromatic rings. The Morgan fingerprint density at radius 1 is 1.57 bits per heavy atom. The zero-order valence-electron chi connectivity index (χ0n) is 8.23. The number of anilines is 1. The van der Waals surface area contributed by atoms with E-state index in [1.165, 1.54) is 11.6 Å². The van der Waals surface area contributed by atoms with Gasteiger partial charge in [0.15, 0.2) is 0 Å². The van der Waals surface area contributed by atoms with Crippen LogP contribution in [0.5, 0.6) is 0 Å². The number of hydrogen-bond donors (Lipinski definition) is 0. The van der Waals surface area contributed by atoms with E-state index in [2.05, 4.69) is 19.6 Å². The van der Waals surface area contributed by atoms with E-state index in [1.54, 1.807) is 0 Å². The van der Waals surface area contributed by atoms with E-state index in [1.807, 2.05) is 23.1 Å². The first-order valence-corrected chi connectivity index (χ1v) is 4.77. The van der Waals surface area contributed by atoms with Gasteiger partial charge in [-0.1, -0.05) is 24.8 Å². The number of hydrogen-bond acceptors (Lipinski definition) is 1. The minimum absolute atomic E-state index is 0.0116. The molecule has 1 aromatic carbocycles. The van der Waals surface area contributed by atoms with Crippen molar-refractivity contribution in [1.29, 1.82) is 0 Å². The first-order valence-electron chi connectivity index (χ1n) is 4.77. The summed E-state index contributed by atoms with van der Waals surface area (Å²) in [7, 11) is 0. The molecule has 0 bridgehead atoms. The minimum Gasteiger partial charge on any atom is -0.306 e. The number of carbonyl (C=O) groups excluding carboxylic acids is 1. The molecule has 1 unspecified atom stereocenters. The summed E-state index contributed by atoms with van der Waals surface area (Å²) in [5, 5.41) is 0. The van der Waals surface area contributed by atoms with E-state index in [0.717, 1.165) is 12.1 Å². The van der Waals surface area contributed by atoms with Crippen molar-refractivity contribution in [3.05, 3.63) is 42.5 Å². The van der Waals surface area contributed by atoms with Crippen LogP contribution in [0.1, 0.15) is 12.5 Å². The Bertz CT molecular complexity index is 384. The number of fused-ring (bicyclic) bond motifs is 1. The molecule has 0 saturated heterocycles. The van der Waals surface area contributed by atoms with Gasteiger partial charge in [-0.2, -0.15) is 0 Å². The highest BCUT2D eigenvalue weighted by atomic mass is 16.2. The van der Waals surface area contributed by atoms with Crippen LogP contribution < -0.4 is 4.90 Å². The van der Waals surface area contributed by atoms with E-state index in [9.17, 15) is 4.79 Å². The third-order valence-corrected chi connectivity index (χ3v) is 2.62. The van der Waals surface area contributed by atoms with Gasteiger partial charge in [0.05, 0.1) is 0 Å². The highest BCUT2D eigenvalue weighted by molar-refractivity contribution is 6.03. The summed E-state index contributed by atoms with van der Waals surface area (Å²) in [6, 6.07) is 8.27. The van der Waals surface area contributed by atoms with Gasteiger partial charge >= 0.3 is 0 Å². The number of nitrogens with zero attached hydrogens (tertiary/aromatic N) is 1. The third kappa shape index (κ3) is 1.23. The largest absolute Gasteiger partial charge is 0.306 e. The molecule has 0 spiro atoms. The van der Waals surface area contributed by atoms with Gasteiger partial charge in [0, 0.05) is 11.7 Å². The number of benzene rings is 1. The van der Waals surface area contributed by atoms with Crippen molar-refractivity contribution in [2.75, 3.05) is 4.90 Å². The molecule has 0 N–H and O–H groups in total. The smallest absolute Gasteiger partial charge is 0.250 e. The molecule has 0 aliphatic carbocycles. The third-order valence-electron chi connectivity index (χ3n) is 2.62. The maximum Gasteiger partial charge on any atom is 0.250 e. The highest BCUT2D eigenvalue weighted by Gasteiger charge is 2.28. The quantitative estimate of drug-likeness (QED) is 0.617. The van der Waals surface area contributed by atoms with E-state index in [-0.39, 0.29) is 11.9 Å². The second kappa shape index (κ2) is 3.29. The molecular formula is C12H13NO. The maximum atomic E-state index is 11.6. The maximum absolute atomic E-state index is 11.6. The summed E-state index contributed by atoms with van der Waals surface area (Å²) in [5.41, 5.74) is 2.28. The fraction of sp³-hybridized carbons (Fsp3) is 0.250. The number of amides is 1. The molecule has 1 heterocycles. The second-order valence-electron chi connectivity index (χ2n) is 3.59. The molecular weight excluding hydrogens is 174 g/mol. The average molecular weight is 187 g/mol. The average Bonchev–Trinajstić information content (AvgIpc) is 2.53. The van der Waals surface area contributed by atoms with Crippen LogP contribution >= 0.6 is 0 Å². The Balaban J connectivity index is 2.44. The lowest BCUT2D eigenvalue weighted by atomic mass is 10.1. The van der Waals surface area contributed by atoms with Gasteiger partial charge < -0.3 is 4.90 Å². The topological polar surface area (TPSA) is 20.3 Å². The van der Waals surface area contributed by atoms with Gasteiger partial charge in [-0.05, 0) is 31.1 Å². The summed E-state index contributed by atoms with van der Waals surface area (Å²) in [6.07, 6.45) is 2.31. The summed E-state index contributed by atoms with van der Waals surface area (Å²) in [5.74, 6) is -0.0116. The Hall–Kier alpha value is -1.57. The number of carbonyl (C=O) groups is 1. The fourth-order valence-electron chi connectivity index (χ4n) is 2.00. The van der Waals surface area contributed by atoms with Gasteiger partial charge in [-0.25, -0.2) is 0 Å². The molecule has 1 aliphatic rings. The number of rotatable bonds is 1. The lowest BCUT2D eigenvalue weighted by Crippen LogP contribution is -2.34. The van der Waals surface area contributed by atoms with Crippen molar-refractivity contribution in [2.24, 2.45) is 0 Å². The molecule has 0 aromatic heterocycles. The van der Waals surface area contributed by atoms with E-state index in [4.69, 9.17) is 0 Å². The predicted molar refractivity (Wildman–Crippen MR) is 57.3 cm³/mol. The Morgan fingerprint density at radius 3 is 3.00 bits per heavy atom. The molecule has 72 valence electrons. The Labute approximate surface area is 83.8 Å². The first-order chi connectivity index (χ1) is 6.74. The molecule has 14 heavy (non-hydrogen) atoms. The summed E-state index contributed by atoms with van der Waals surface area (Å²) >= 11 is 0. The van der Waals surface area contributed by atoms with Crippen LogP contribution in [-0.2, 0) is 11.2 Å². The van der Waals surface area contributed by atoms with Gasteiger partial charge in [-0.15, -0.1) is 0 Å². The second-order valence-corrected chi connectivity index (χ2v) is 3.59. The molecule has 2 nitrogen and oxygen atoms in total. The first kappa shape index (κ1) is 9.00. The fourth-order valence-corrected chi connectivity index (χ4v) is 2.00. The van der Waals surface area contributed by atoms with Gasteiger partial charge in [0.25, 0.3) is 5.91 Å². The van der Waals surface area contributed by atoms with Gasteiger partial charge in [0.2, 0.25) is 0 Å². The van der Waals surface area contributed by atoms with Crippen LogP contribution in [0, 0.1) is 0 Å². The van der Waals surface area contributed by atoms with E-state index in [0.29, 0.717) is 0 Å². The Kier molecular flexibility index (Phi) is 2.12. The Morgan fingerprint density at radius 2 is 2.29 bits per heavy atom. The standard InChI is InChI=1S/C12H13NO/c1-3-12(14)13-9(2)8-10-6-4-5-7-11(10)13/h3-7,9H,1,8H2,2H3. The van der Waals surface area contributed by atoms with Crippen LogP contribution in [0.4, 0.5) is 5.69 Å². The molecule has 1 aliphatic heterocycles. The van der Waals surface area contributed by atoms with Crippen LogP contribution in [0.3, 0.4) is 0 Å². The van der Waals surface area contributed by atoms with Crippen LogP contribution in [0.25, 0.3) is 0 Å². The molecule has 0 saturated carbocycles. The lowest BCUT2D eigenvalue weighted by molar-refractivity contribution is -0.114. The molecule has 1 amide bonds. The molecule has 1 atom stereocenters. The molecule has 0 radical (unpaired) electrons. The SMILES string of the molecule is C=CC(=O)N1c2ccccc2CC1C. The van der Waals surface area contributed by atoms with Crippen molar-refractivity contribution in [1.82, 2.24) is 0 Å². The number of para-hydroxylation sites is 1. The van der Waals surface area contributed by atoms with Crippen molar-refractivity contribution in [3.63, 3.8) is 0 Å². The highest BCUT2D eigenvalue weighted by Crippen LogP contribution is 2.31. The summed E-state index contributed by atoms with van der Waals surface area (Å²) in [6.45, 7) is 5.58. The molecule has 0 fully saturated rings. The summed E-state index contributed by atoms with van der Waals surface area (Å²) in [4.78, 5) is 13.4. The minimum atomic E-state index is -0.0116.